The van der Waals surface area contributed by atoms with E-state index in [9.17, 15) is 9.59 Å². The number of halogens is 1. The second-order valence-electron chi connectivity index (χ2n) is 5.67. The van der Waals surface area contributed by atoms with Gasteiger partial charge >= 0.3 is 0 Å². The van der Waals surface area contributed by atoms with Gasteiger partial charge in [-0.1, -0.05) is 34.1 Å². The number of amides is 2. The lowest BCUT2D eigenvalue weighted by atomic mass is 10.2. The molecule has 3 rings (SSSR count). The summed E-state index contributed by atoms with van der Waals surface area (Å²) in [5.41, 5.74) is 2.18. The molecule has 2 aromatic carbocycles. The highest BCUT2D eigenvalue weighted by Crippen LogP contribution is 2.20. The van der Waals surface area contributed by atoms with Gasteiger partial charge in [-0.2, -0.15) is 0 Å². The van der Waals surface area contributed by atoms with Gasteiger partial charge in [0.15, 0.2) is 0 Å². The van der Waals surface area contributed by atoms with E-state index in [1.54, 1.807) is 30.3 Å². The standard InChI is InChI=1S/C19H17BrN2O2/c20-17-4-2-1-3-13(17)7-12-18(23)21-15-8-5-14(6-9-15)19(24)22-16-10-11-16/h1-9,12,16H,10-11H2,(H,21,23)(H,22,24). The molecule has 1 aliphatic carbocycles. The summed E-state index contributed by atoms with van der Waals surface area (Å²) in [6, 6.07) is 14.9. The second-order valence-corrected chi connectivity index (χ2v) is 6.52. The molecule has 0 atom stereocenters. The van der Waals surface area contributed by atoms with Crippen LogP contribution >= 0.6 is 15.9 Å². The molecule has 2 amide bonds. The van der Waals surface area contributed by atoms with Crippen LogP contribution in [-0.4, -0.2) is 17.9 Å². The maximum absolute atomic E-state index is 12.0. The Morgan fingerprint density at radius 1 is 1.04 bits per heavy atom. The molecular weight excluding hydrogens is 368 g/mol. The minimum absolute atomic E-state index is 0.0656. The Morgan fingerprint density at radius 2 is 1.75 bits per heavy atom. The zero-order valence-electron chi connectivity index (χ0n) is 13.0. The van der Waals surface area contributed by atoms with E-state index in [-0.39, 0.29) is 11.8 Å². The third-order valence-corrected chi connectivity index (χ3v) is 4.37. The van der Waals surface area contributed by atoms with Crippen LogP contribution in [0.2, 0.25) is 0 Å². The fourth-order valence-electron chi connectivity index (χ4n) is 2.16. The van der Waals surface area contributed by atoms with Crippen molar-refractivity contribution in [1.82, 2.24) is 5.32 Å². The molecule has 24 heavy (non-hydrogen) atoms. The summed E-state index contributed by atoms with van der Waals surface area (Å²) < 4.78 is 0.931. The van der Waals surface area contributed by atoms with Crippen molar-refractivity contribution < 1.29 is 9.59 Å². The lowest BCUT2D eigenvalue weighted by molar-refractivity contribution is -0.111. The first-order valence-corrected chi connectivity index (χ1v) is 8.55. The van der Waals surface area contributed by atoms with Gasteiger partial charge in [-0.05, 0) is 54.8 Å². The van der Waals surface area contributed by atoms with Crippen LogP contribution in [-0.2, 0) is 4.79 Å². The van der Waals surface area contributed by atoms with E-state index in [0.29, 0.717) is 17.3 Å². The zero-order valence-corrected chi connectivity index (χ0v) is 14.5. The molecule has 0 aromatic heterocycles. The Morgan fingerprint density at radius 3 is 2.42 bits per heavy atom. The smallest absolute Gasteiger partial charge is 0.251 e. The van der Waals surface area contributed by atoms with Gasteiger partial charge in [0.1, 0.15) is 0 Å². The number of rotatable bonds is 5. The molecule has 122 valence electrons. The van der Waals surface area contributed by atoms with Crippen LogP contribution in [0.5, 0.6) is 0 Å². The fourth-order valence-corrected chi connectivity index (χ4v) is 2.58. The highest BCUT2D eigenvalue weighted by atomic mass is 79.9. The normalized spacial score (nSPS) is 13.7. The minimum Gasteiger partial charge on any atom is -0.349 e. The van der Waals surface area contributed by atoms with Gasteiger partial charge in [-0.3, -0.25) is 9.59 Å². The number of benzene rings is 2. The highest BCUT2D eigenvalue weighted by Gasteiger charge is 2.23. The van der Waals surface area contributed by atoms with Crippen LogP contribution in [0.15, 0.2) is 59.1 Å². The predicted molar refractivity (Wildman–Crippen MR) is 98.7 cm³/mol. The molecule has 5 heteroatoms. The van der Waals surface area contributed by atoms with E-state index in [2.05, 4.69) is 26.6 Å². The Bertz CT molecular complexity index is 780. The third-order valence-electron chi connectivity index (χ3n) is 3.65. The molecule has 0 radical (unpaired) electrons. The van der Waals surface area contributed by atoms with Crippen LogP contribution in [0.1, 0.15) is 28.8 Å². The molecule has 2 N–H and O–H groups in total. The van der Waals surface area contributed by atoms with E-state index in [0.717, 1.165) is 22.9 Å². The lowest BCUT2D eigenvalue weighted by Crippen LogP contribution is -2.25. The Kier molecular flexibility index (Phi) is 5.11. The Balaban J connectivity index is 1.58. The molecule has 0 heterocycles. The maximum atomic E-state index is 12.0. The monoisotopic (exact) mass is 384 g/mol. The van der Waals surface area contributed by atoms with E-state index in [1.165, 1.54) is 6.08 Å². The van der Waals surface area contributed by atoms with Crippen LogP contribution in [0, 0.1) is 0 Å². The molecule has 0 saturated heterocycles. The van der Waals surface area contributed by atoms with Crippen LogP contribution < -0.4 is 10.6 Å². The number of anilines is 1. The first kappa shape index (κ1) is 16.5. The van der Waals surface area contributed by atoms with Crippen molar-refractivity contribution in [3.63, 3.8) is 0 Å². The summed E-state index contributed by atoms with van der Waals surface area (Å²) in [6.07, 6.45) is 5.35. The van der Waals surface area contributed by atoms with E-state index in [1.807, 2.05) is 24.3 Å². The first-order chi connectivity index (χ1) is 11.6. The molecule has 0 spiro atoms. The molecule has 1 fully saturated rings. The summed E-state index contributed by atoms with van der Waals surface area (Å²) in [5, 5.41) is 5.71. The molecule has 4 nitrogen and oxygen atoms in total. The van der Waals surface area contributed by atoms with Gasteiger partial charge in [0, 0.05) is 27.8 Å². The van der Waals surface area contributed by atoms with Crippen molar-refractivity contribution in [3.05, 3.63) is 70.2 Å². The lowest BCUT2D eigenvalue weighted by Gasteiger charge is -2.05. The summed E-state index contributed by atoms with van der Waals surface area (Å²) >= 11 is 3.44. The number of carbonyl (C=O) groups excluding carboxylic acids is 2. The summed E-state index contributed by atoms with van der Waals surface area (Å²) in [7, 11) is 0. The van der Waals surface area contributed by atoms with Crippen molar-refractivity contribution >= 4 is 39.5 Å². The largest absolute Gasteiger partial charge is 0.349 e. The maximum Gasteiger partial charge on any atom is 0.251 e. The number of carbonyl (C=O) groups is 2. The quantitative estimate of drug-likeness (QED) is 0.765. The second kappa shape index (κ2) is 7.45. The van der Waals surface area contributed by atoms with Crippen LogP contribution in [0.3, 0.4) is 0 Å². The van der Waals surface area contributed by atoms with Crippen LogP contribution in [0.4, 0.5) is 5.69 Å². The zero-order chi connectivity index (χ0) is 16.9. The van der Waals surface area contributed by atoms with E-state index >= 15 is 0 Å². The Hall–Kier alpha value is -2.40. The van der Waals surface area contributed by atoms with Crippen molar-refractivity contribution in [1.29, 1.82) is 0 Å². The average Bonchev–Trinajstić information content (AvgIpc) is 3.39. The SMILES string of the molecule is O=C(C=Cc1ccccc1Br)Nc1ccc(C(=O)NC2CC2)cc1. The fraction of sp³-hybridized carbons (Fsp3) is 0.158. The molecule has 1 saturated carbocycles. The highest BCUT2D eigenvalue weighted by molar-refractivity contribution is 9.10. The van der Waals surface area contributed by atoms with Gasteiger partial charge in [-0.15, -0.1) is 0 Å². The molecule has 2 aromatic rings. The van der Waals surface area contributed by atoms with Crippen molar-refractivity contribution in [2.24, 2.45) is 0 Å². The molecule has 0 aliphatic heterocycles. The molecule has 1 aliphatic rings. The van der Waals surface area contributed by atoms with Gasteiger partial charge in [0.25, 0.3) is 5.91 Å². The third kappa shape index (κ3) is 4.55. The number of nitrogens with one attached hydrogen (secondary N) is 2. The summed E-state index contributed by atoms with van der Waals surface area (Å²) in [4.78, 5) is 23.9. The first-order valence-electron chi connectivity index (χ1n) is 7.76. The number of hydrogen-bond acceptors (Lipinski definition) is 2. The number of hydrogen-bond donors (Lipinski definition) is 2. The average molecular weight is 385 g/mol. The predicted octanol–water partition coefficient (Wildman–Crippen LogP) is 3.99. The molecule has 0 bridgehead atoms. The summed E-state index contributed by atoms with van der Waals surface area (Å²) in [5.74, 6) is -0.287. The molecule has 0 unspecified atom stereocenters. The van der Waals surface area contributed by atoms with Gasteiger partial charge < -0.3 is 10.6 Å². The minimum atomic E-state index is -0.221. The van der Waals surface area contributed by atoms with Crippen molar-refractivity contribution in [3.8, 4) is 0 Å². The van der Waals surface area contributed by atoms with Crippen molar-refractivity contribution in [2.45, 2.75) is 18.9 Å². The van der Waals surface area contributed by atoms with E-state index < -0.39 is 0 Å². The van der Waals surface area contributed by atoms with Crippen LogP contribution in [0.25, 0.3) is 6.08 Å². The van der Waals surface area contributed by atoms with Gasteiger partial charge in [0.2, 0.25) is 5.91 Å². The van der Waals surface area contributed by atoms with E-state index in [4.69, 9.17) is 0 Å². The summed E-state index contributed by atoms with van der Waals surface area (Å²) in [6.45, 7) is 0. The topological polar surface area (TPSA) is 58.2 Å². The Labute approximate surface area is 149 Å². The van der Waals surface area contributed by atoms with Gasteiger partial charge in [0.05, 0.1) is 0 Å². The van der Waals surface area contributed by atoms with Crippen molar-refractivity contribution in [2.75, 3.05) is 5.32 Å². The molecular formula is C19H17BrN2O2. The van der Waals surface area contributed by atoms with Gasteiger partial charge in [-0.25, -0.2) is 0 Å².